The number of likely N-dealkylation sites (N-methyl/N-ethyl adjacent to an activating group) is 1. The second kappa shape index (κ2) is 16.0. The summed E-state index contributed by atoms with van der Waals surface area (Å²) in [5.74, 6) is -1.61. The Morgan fingerprint density at radius 3 is 2.36 bits per heavy atom. The van der Waals surface area contributed by atoms with Crippen molar-refractivity contribution in [3.05, 3.63) is 70.9 Å². The van der Waals surface area contributed by atoms with Crippen molar-refractivity contribution in [2.24, 2.45) is 11.3 Å². The molecule has 1 saturated carbocycles. The lowest BCUT2D eigenvalue weighted by Gasteiger charge is -2.63. The van der Waals surface area contributed by atoms with Crippen LogP contribution in [0.5, 0.6) is 5.75 Å². The average molecular weight is 909 g/mol. The molecule has 2 saturated heterocycles. The van der Waals surface area contributed by atoms with Crippen molar-refractivity contribution < 1.29 is 43.2 Å². The zero-order chi connectivity index (χ0) is 47.4. The molecule has 1 unspecified atom stereocenters. The summed E-state index contributed by atoms with van der Waals surface area (Å²) in [6.07, 6.45) is 6.06. The number of nitrogens with one attached hydrogen (secondary N) is 3. The number of hydrogen-bond acceptors (Lipinski definition) is 12. The highest BCUT2D eigenvalue weighted by molar-refractivity contribution is 5.95. The molecule has 2 bridgehead atoms. The summed E-state index contributed by atoms with van der Waals surface area (Å²) in [4.78, 5) is 67.6. The molecule has 1 spiro atoms. The Kier molecular flexibility index (Phi) is 11.2. The number of benzene rings is 2. The van der Waals surface area contributed by atoms with Crippen LogP contribution in [0.15, 0.2) is 48.6 Å². The van der Waals surface area contributed by atoms with Gasteiger partial charge in [0.25, 0.3) is 0 Å². The van der Waals surface area contributed by atoms with E-state index in [0.29, 0.717) is 82.6 Å². The van der Waals surface area contributed by atoms with E-state index in [1.807, 2.05) is 63.9 Å². The van der Waals surface area contributed by atoms with Crippen LogP contribution in [0.1, 0.15) is 96.0 Å². The normalized spacial score (nSPS) is 34.4. The summed E-state index contributed by atoms with van der Waals surface area (Å²) < 4.78 is 24.2. The number of anilines is 1. The van der Waals surface area contributed by atoms with Crippen molar-refractivity contribution in [2.75, 3.05) is 66.0 Å². The maximum absolute atomic E-state index is 15.6. The van der Waals surface area contributed by atoms with Crippen molar-refractivity contribution in [3.63, 3.8) is 0 Å². The third-order valence-electron chi connectivity index (χ3n) is 16.5. The third-order valence-corrected chi connectivity index (χ3v) is 16.5. The van der Waals surface area contributed by atoms with E-state index in [9.17, 15) is 19.5 Å². The minimum Gasteiger partial charge on any atom is -0.496 e. The number of methoxy groups -OCH3 is 3. The molecule has 0 radical (unpaired) electrons. The molecule has 6 aliphatic rings. The van der Waals surface area contributed by atoms with Gasteiger partial charge in [0, 0.05) is 96.5 Å². The molecule has 2 amide bonds. The van der Waals surface area contributed by atoms with Crippen molar-refractivity contribution in [1.82, 2.24) is 25.4 Å². The summed E-state index contributed by atoms with van der Waals surface area (Å²) >= 11 is 0. The first kappa shape index (κ1) is 46.0. The smallest absolute Gasteiger partial charge is 0.344 e. The number of ether oxygens (including phenoxy) is 4. The van der Waals surface area contributed by atoms with E-state index in [4.69, 9.17) is 18.9 Å². The number of aromatic nitrogens is 1. The maximum atomic E-state index is 15.6. The number of nitrogens with zero attached hydrogens (tertiary/aromatic N) is 3. The summed E-state index contributed by atoms with van der Waals surface area (Å²) in [5.41, 5.74) is -1.91. The lowest BCUT2D eigenvalue weighted by atomic mass is 9.47. The highest BCUT2D eigenvalue weighted by atomic mass is 16.6. The molecule has 4 N–H and O–H groups in total. The molecule has 5 aliphatic heterocycles. The highest BCUT2D eigenvalue weighted by Gasteiger charge is 2.80. The molecule has 2 aromatic carbocycles. The molecule has 356 valence electrons. The lowest BCUT2D eigenvalue weighted by Crippen LogP contribution is -2.81. The topological polar surface area (TPSA) is 175 Å². The molecule has 15 heteroatoms. The van der Waals surface area contributed by atoms with E-state index >= 15 is 4.79 Å². The minimum atomic E-state index is -2.32. The molecule has 66 heavy (non-hydrogen) atoms. The van der Waals surface area contributed by atoms with Crippen molar-refractivity contribution >= 4 is 40.5 Å². The molecule has 3 aromatic rings. The van der Waals surface area contributed by atoms with Crippen LogP contribution in [0.25, 0.3) is 10.9 Å². The fraction of sp³-hybridized carbons (Fsp3) is 0.608. The van der Waals surface area contributed by atoms with Gasteiger partial charge in [-0.25, -0.2) is 9.59 Å². The molecule has 6 heterocycles. The van der Waals surface area contributed by atoms with Gasteiger partial charge in [-0.3, -0.25) is 14.5 Å². The number of esters is 3. The SMILES string of the molecule is CC[C@]1(NC(=O)NC(C)(C)C)C[C@@H]2CN(CCc3c([nH]c4ccccc34)[C@@](C(=O)OC)(c3cc4c(cc3OC)N(C)[C@H]3[C@@](O)(C(=O)OC)[C@H](OC(C)=O)[C@]5(CC)C=CCN6CC[C@]43[C@@H]65)C2)C1. The second-order valence-corrected chi connectivity index (χ2v) is 21.1. The van der Waals surface area contributed by atoms with Crippen LogP contribution < -0.4 is 20.3 Å². The Labute approximate surface area is 387 Å². The summed E-state index contributed by atoms with van der Waals surface area (Å²) in [6.45, 7) is 14.7. The Morgan fingerprint density at radius 1 is 0.955 bits per heavy atom. The third kappa shape index (κ3) is 6.45. The zero-order valence-corrected chi connectivity index (χ0v) is 40.3. The number of urea groups is 1. The molecule has 15 nitrogen and oxygen atoms in total. The summed E-state index contributed by atoms with van der Waals surface area (Å²) in [7, 11) is 6.17. The van der Waals surface area contributed by atoms with Crippen LogP contribution in [0.3, 0.4) is 0 Å². The number of fused-ring (bicyclic) bond motifs is 6. The van der Waals surface area contributed by atoms with E-state index in [0.717, 1.165) is 33.4 Å². The maximum Gasteiger partial charge on any atom is 0.344 e. The van der Waals surface area contributed by atoms with Gasteiger partial charge >= 0.3 is 23.9 Å². The van der Waals surface area contributed by atoms with Gasteiger partial charge in [0.1, 0.15) is 11.2 Å². The molecule has 9 rings (SSSR count). The second-order valence-electron chi connectivity index (χ2n) is 21.1. The van der Waals surface area contributed by atoms with Gasteiger partial charge in [-0.15, -0.1) is 0 Å². The predicted molar refractivity (Wildman–Crippen MR) is 250 cm³/mol. The molecule has 10 atom stereocenters. The fourth-order valence-electron chi connectivity index (χ4n) is 14.3. The van der Waals surface area contributed by atoms with E-state index in [1.165, 1.54) is 21.1 Å². The van der Waals surface area contributed by atoms with Crippen LogP contribution in [0.2, 0.25) is 0 Å². The van der Waals surface area contributed by atoms with Gasteiger partial charge in [0.15, 0.2) is 6.10 Å². The quantitative estimate of drug-likeness (QED) is 0.134. The highest BCUT2D eigenvalue weighted by Crippen LogP contribution is 2.68. The van der Waals surface area contributed by atoms with Crippen LogP contribution in [0.4, 0.5) is 10.5 Å². The Balaban J connectivity index is 1.31. The fourth-order valence-corrected chi connectivity index (χ4v) is 14.3. The van der Waals surface area contributed by atoms with E-state index < -0.39 is 63.0 Å². The standard InChI is InChI=1S/C51H68N6O9/c1-11-47(54-45(61)53-46(4,5)6)26-31-27-50(43(59)64-9,39-33(18-22-56(28-31)29-47)32-16-13-14-17-36(32)52-39)35-24-34-37(25-38(35)63-8)55(7)41-49(34)20-23-57-21-15-19-48(12-2,40(49)57)42(66-30(3)58)51(41,62)44(60)65-10/h13-17,19,24-25,31,40-42,52,62H,11-12,18,20-23,26-29H2,1-10H3,(H2,53,54,61)/t31-,40-,41+,42+,47-,48+,49+,50-,51-/m0/s1. The number of para-hydroxylation sites is 1. The Hall–Kier alpha value is -5.12. The van der Waals surface area contributed by atoms with Crippen molar-refractivity contribution in [1.29, 1.82) is 0 Å². The summed E-state index contributed by atoms with van der Waals surface area (Å²) in [5, 5.41) is 21.0. The zero-order valence-electron chi connectivity index (χ0n) is 40.3. The first-order chi connectivity index (χ1) is 31.3. The number of amides is 2. The van der Waals surface area contributed by atoms with Gasteiger partial charge in [0.2, 0.25) is 5.60 Å². The van der Waals surface area contributed by atoms with E-state index in [1.54, 1.807) is 7.11 Å². The van der Waals surface area contributed by atoms with Gasteiger partial charge in [-0.1, -0.05) is 44.2 Å². The Morgan fingerprint density at radius 2 is 1.70 bits per heavy atom. The van der Waals surface area contributed by atoms with E-state index in [2.05, 4.69) is 56.6 Å². The lowest BCUT2D eigenvalue weighted by molar-refractivity contribution is -0.228. The van der Waals surface area contributed by atoms with Crippen LogP contribution in [-0.2, 0) is 45.8 Å². The number of aromatic amines is 1. The number of aliphatic hydroxyl groups is 1. The van der Waals surface area contributed by atoms with E-state index in [-0.39, 0.29) is 18.0 Å². The number of H-pyrrole nitrogens is 1. The first-order valence-corrected chi connectivity index (χ1v) is 23.7. The summed E-state index contributed by atoms with van der Waals surface area (Å²) in [6, 6.07) is 10.7. The average Bonchev–Trinajstić information content (AvgIpc) is 3.94. The number of hydrogen-bond donors (Lipinski definition) is 4. The van der Waals surface area contributed by atoms with Crippen molar-refractivity contribution in [3.8, 4) is 5.75 Å². The van der Waals surface area contributed by atoms with Gasteiger partial charge in [-0.2, -0.15) is 0 Å². The molecule has 1 aromatic heterocycles. The van der Waals surface area contributed by atoms with Gasteiger partial charge in [0.05, 0.1) is 32.9 Å². The Bertz CT molecular complexity index is 2500. The van der Waals surface area contributed by atoms with Crippen LogP contribution in [-0.4, -0.2) is 140 Å². The monoisotopic (exact) mass is 909 g/mol. The number of rotatable bonds is 8. The van der Waals surface area contributed by atoms with Crippen LogP contribution in [0, 0.1) is 11.3 Å². The number of piperidine rings is 1. The molecule has 3 fully saturated rings. The predicted octanol–water partition coefficient (Wildman–Crippen LogP) is 5.10. The minimum absolute atomic E-state index is 0.113. The van der Waals surface area contributed by atoms with Crippen LogP contribution >= 0.6 is 0 Å². The first-order valence-electron chi connectivity index (χ1n) is 23.7. The molecular formula is C51H68N6O9. The number of carbonyl (C=O) groups excluding carboxylic acids is 4. The molecular weight excluding hydrogens is 841 g/mol. The van der Waals surface area contributed by atoms with Gasteiger partial charge < -0.3 is 49.5 Å². The van der Waals surface area contributed by atoms with Crippen molar-refractivity contribution in [2.45, 2.75) is 126 Å². The molecule has 1 aliphatic carbocycles. The number of carbonyl (C=O) groups is 4. The van der Waals surface area contributed by atoms with Gasteiger partial charge in [-0.05, 0) is 95.0 Å². The largest absolute Gasteiger partial charge is 0.496 e.